The highest BCUT2D eigenvalue weighted by Crippen LogP contribution is 2.16. The fraction of sp³-hybridized carbons (Fsp3) is 0.467. The third-order valence-corrected chi connectivity index (χ3v) is 4.16. The average Bonchev–Trinajstić information content (AvgIpc) is 2.94. The summed E-state index contributed by atoms with van der Waals surface area (Å²) in [5, 5.41) is 13.9. The molecule has 0 saturated carbocycles. The summed E-state index contributed by atoms with van der Waals surface area (Å²) >= 11 is 1.74. The minimum atomic E-state index is 0.900. The Morgan fingerprint density at radius 1 is 1.05 bits per heavy atom. The van der Waals surface area contributed by atoms with Gasteiger partial charge in [-0.15, -0.1) is 21.5 Å². The van der Waals surface area contributed by atoms with E-state index >= 15 is 0 Å². The number of ether oxygens (including phenoxy) is 1. The van der Waals surface area contributed by atoms with Crippen LogP contribution < -0.4 is 10.1 Å². The van der Waals surface area contributed by atoms with Crippen LogP contribution in [0.4, 0.5) is 0 Å². The number of nitrogens with one attached hydrogen (secondary N) is 1. The van der Waals surface area contributed by atoms with Gasteiger partial charge in [-0.3, -0.25) is 0 Å². The summed E-state index contributed by atoms with van der Waals surface area (Å²) < 4.78 is 5.16. The predicted octanol–water partition coefficient (Wildman–Crippen LogP) is 2.48. The van der Waals surface area contributed by atoms with Crippen LogP contribution >= 0.6 is 11.3 Å². The summed E-state index contributed by atoms with van der Waals surface area (Å²) in [5.74, 6) is 0.900. The van der Waals surface area contributed by atoms with Crippen LogP contribution in [0.2, 0.25) is 0 Å². The van der Waals surface area contributed by atoms with Gasteiger partial charge in [0.2, 0.25) is 0 Å². The maximum absolute atomic E-state index is 5.16. The third-order valence-electron chi connectivity index (χ3n) is 3.11. The van der Waals surface area contributed by atoms with Gasteiger partial charge in [0.1, 0.15) is 15.8 Å². The molecule has 0 radical (unpaired) electrons. The number of aryl methyl sites for hydroxylation is 3. The number of methoxy groups -OCH3 is 1. The molecule has 0 aliphatic rings. The number of rotatable bonds is 8. The van der Waals surface area contributed by atoms with Crippen molar-refractivity contribution in [3.63, 3.8) is 0 Å². The van der Waals surface area contributed by atoms with Crippen molar-refractivity contribution in [1.29, 1.82) is 0 Å². The molecule has 1 N–H and O–H groups in total. The molecule has 0 spiro atoms. The number of hydrogen-bond donors (Lipinski definition) is 1. The number of aromatic nitrogens is 2. The largest absolute Gasteiger partial charge is 0.497 e. The van der Waals surface area contributed by atoms with Gasteiger partial charge in [0, 0.05) is 12.8 Å². The van der Waals surface area contributed by atoms with Gasteiger partial charge in [-0.1, -0.05) is 12.1 Å². The maximum Gasteiger partial charge on any atom is 0.118 e. The Balaban J connectivity index is 1.81. The highest BCUT2D eigenvalue weighted by molar-refractivity contribution is 7.11. The van der Waals surface area contributed by atoms with Crippen molar-refractivity contribution in [3.8, 4) is 5.75 Å². The molecular weight excluding hydrogens is 270 g/mol. The summed E-state index contributed by atoms with van der Waals surface area (Å²) in [6, 6.07) is 8.21. The van der Waals surface area contributed by atoms with Gasteiger partial charge in [-0.2, -0.15) is 0 Å². The molecule has 0 atom stereocenters. The van der Waals surface area contributed by atoms with E-state index < -0.39 is 0 Å². The van der Waals surface area contributed by atoms with E-state index in [1.165, 1.54) is 5.56 Å². The van der Waals surface area contributed by atoms with E-state index in [2.05, 4.69) is 27.6 Å². The molecule has 0 aliphatic carbocycles. The van der Waals surface area contributed by atoms with Gasteiger partial charge in [0.25, 0.3) is 0 Å². The standard InChI is InChI=1S/C15H21N3OS/c1-16-11-3-4-14-17-18-15(20-14)10-7-12-5-8-13(19-2)9-6-12/h5-6,8-9,16H,3-4,7,10-11H2,1-2H3. The lowest BCUT2D eigenvalue weighted by Crippen LogP contribution is -2.08. The zero-order chi connectivity index (χ0) is 14.2. The molecule has 20 heavy (non-hydrogen) atoms. The molecule has 1 aromatic carbocycles. The second-order valence-corrected chi connectivity index (χ2v) is 5.79. The molecule has 0 aliphatic heterocycles. The molecule has 0 bridgehead atoms. The van der Waals surface area contributed by atoms with E-state index in [1.54, 1.807) is 18.4 Å². The first-order valence-electron chi connectivity index (χ1n) is 6.90. The number of nitrogens with zero attached hydrogens (tertiary/aromatic N) is 2. The van der Waals surface area contributed by atoms with Crippen LogP contribution in [0, 0.1) is 0 Å². The molecule has 108 valence electrons. The minimum Gasteiger partial charge on any atom is -0.497 e. The second kappa shape index (κ2) is 7.97. The minimum absolute atomic E-state index is 0.900. The zero-order valence-electron chi connectivity index (χ0n) is 12.1. The Morgan fingerprint density at radius 2 is 1.75 bits per heavy atom. The first-order valence-corrected chi connectivity index (χ1v) is 7.72. The molecule has 2 rings (SSSR count). The molecule has 5 heteroatoms. The average molecular weight is 291 g/mol. The Kier molecular flexibility index (Phi) is 5.95. The van der Waals surface area contributed by atoms with E-state index in [0.29, 0.717) is 0 Å². The third kappa shape index (κ3) is 4.58. The maximum atomic E-state index is 5.16. The van der Waals surface area contributed by atoms with Crippen LogP contribution in [0.1, 0.15) is 22.0 Å². The van der Waals surface area contributed by atoms with Gasteiger partial charge >= 0.3 is 0 Å². The molecular formula is C15H21N3OS. The Morgan fingerprint density at radius 3 is 2.40 bits per heavy atom. The van der Waals surface area contributed by atoms with E-state index in [0.717, 1.165) is 48.0 Å². The molecule has 1 heterocycles. The normalized spacial score (nSPS) is 10.7. The Labute approximate surface area is 124 Å². The predicted molar refractivity (Wildman–Crippen MR) is 82.6 cm³/mol. The van der Waals surface area contributed by atoms with Crippen molar-refractivity contribution in [2.75, 3.05) is 20.7 Å². The smallest absolute Gasteiger partial charge is 0.118 e. The highest BCUT2D eigenvalue weighted by atomic mass is 32.1. The lowest BCUT2D eigenvalue weighted by molar-refractivity contribution is 0.414. The van der Waals surface area contributed by atoms with Crippen LogP contribution in [-0.2, 0) is 19.3 Å². The summed E-state index contributed by atoms with van der Waals surface area (Å²) in [7, 11) is 3.66. The van der Waals surface area contributed by atoms with Crippen LogP contribution in [-0.4, -0.2) is 30.9 Å². The number of hydrogen-bond acceptors (Lipinski definition) is 5. The van der Waals surface area contributed by atoms with Crippen LogP contribution in [0.25, 0.3) is 0 Å². The molecule has 0 unspecified atom stereocenters. The van der Waals surface area contributed by atoms with E-state index in [4.69, 9.17) is 4.74 Å². The van der Waals surface area contributed by atoms with E-state index in [1.807, 2.05) is 19.2 Å². The van der Waals surface area contributed by atoms with Crippen molar-refractivity contribution in [2.24, 2.45) is 0 Å². The summed E-state index contributed by atoms with van der Waals surface area (Å²) in [6.45, 7) is 1.03. The summed E-state index contributed by atoms with van der Waals surface area (Å²) in [6.07, 6.45) is 4.08. The van der Waals surface area contributed by atoms with Crippen LogP contribution in [0.3, 0.4) is 0 Å². The van der Waals surface area contributed by atoms with Gasteiger partial charge < -0.3 is 10.1 Å². The van der Waals surface area contributed by atoms with Gasteiger partial charge in [0.15, 0.2) is 0 Å². The quantitative estimate of drug-likeness (QED) is 0.759. The van der Waals surface area contributed by atoms with E-state index in [9.17, 15) is 0 Å². The fourth-order valence-electron chi connectivity index (χ4n) is 1.95. The summed E-state index contributed by atoms with van der Waals surface area (Å²) in [5.41, 5.74) is 1.30. The lowest BCUT2D eigenvalue weighted by atomic mass is 10.1. The Bertz CT molecular complexity index is 510. The highest BCUT2D eigenvalue weighted by Gasteiger charge is 2.04. The monoisotopic (exact) mass is 291 g/mol. The van der Waals surface area contributed by atoms with Crippen molar-refractivity contribution >= 4 is 11.3 Å². The SMILES string of the molecule is CNCCCc1nnc(CCc2ccc(OC)cc2)s1. The Hall–Kier alpha value is -1.46. The first kappa shape index (κ1) is 14.9. The molecule has 4 nitrogen and oxygen atoms in total. The lowest BCUT2D eigenvalue weighted by Gasteiger charge is -2.01. The van der Waals surface area contributed by atoms with Gasteiger partial charge in [-0.05, 0) is 44.1 Å². The van der Waals surface area contributed by atoms with Crippen molar-refractivity contribution in [1.82, 2.24) is 15.5 Å². The molecule has 0 saturated heterocycles. The summed E-state index contributed by atoms with van der Waals surface area (Å²) in [4.78, 5) is 0. The van der Waals surface area contributed by atoms with Crippen molar-refractivity contribution < 1.29 is 4.74 Å². The van der Waals surface area contributed by atoms with Crippen molar-refractivity contribution in [2.45, 2.75) is 25.7 Å². The number of benzene rings is 1. The molecule has 0 fully saturated rings. The molecule has 1 aromatic heterocycles. The zero-order valence-corrected chi connectivity index (χ0v) is 12.9. The van der Waals surface area contributed by atoms with Crippen LogP contribution in [0.5, 0.6) is 5.75 Å². The first-order chi connectivity index (χ1) is 9.81. The molecule has 2 aromatic rings. The van der Waals surface area contributed by atoms with Gasteiger partial charge in [-0.25, -0.2) is 0 Å². The molecule has 0 amide bonds. The fourth-order valence-corrected chi connectivity index (χ4v) is 2.84. The van der Waals surface area contributed by atoms with Crippen molar-refractivity contribution in [3.05, 3.63) is 39.8 Å². The topological polar surface area (TPSA) is 47.0 Å². The van der Waals surface area contributed by atoms with Gasteiger partial charge in [0.05, 0.1) is 7.11 Å². The van der Waals surface area contributed by atoms with Crippen LogP contribution in [0.15, 0.2) is 24.3 Å². The van der Waals surface area contributed by atoms with E-state index in [-0.39, 0.29) is 0 Å². The second-order valence-electron chi connectivity index (χ2n) is 4.64.